The number of aromatic nitrogens is 2. The number of imidazole rings is 1. The number of nitrogens with one attached hydrogen (secondary N) is 2. The number of aromatic amines is 1. The number of fused-ring (bicyclic) bond motifs is 1. The van der Waals surface area contributed by atoms with Gasteiger partial charge in [-0.15, -0.1) is 0 Å². The number of ether oxygens (including phenoxy) is 1. The van der Waals surface area contributed by atoms with Crippen LogP contribution >= 0.6 is 0 Å². The van der Waals surface area contributed by atoms with Gasteiger partial charge in [-0.05, 0) is 37.6 Å². The van der Waals surface area contributed by atoms with Crippen molar-refractivity contribution in [2.24, 2.45) is 0 Å². The number of methoxy groups -OCH3 is 1. The van der Waals surface area contributed by atoms with Gasteiger partial charge >= 0.3 is 11.7 Å². The maximum atomic E-state index is 12.3. The van der Waals surface area contributed by atoms with E-state index in [1.54, 1.807) is 0 Å². The number of H-pyrrole nitrogens is 1. The monoisotopic (exact) mass is 289 g/mol. The predicted molar refractivity (Wildman–Crippen MR) is 79.4 cm³/mol. The Morgan fingerprint density at radius 2 is 2.14 bits per heavy atom. The number of hydrogen-bond donors (Lipinski definition) is 2. The van der Waals surface area contributed by atoms with E-state index in [-0.39, 0.29) is 24.1 Å². The molecule has 3 rings (SSSR count). The molecule has 1 aliphatic heterocycles. The van der Waals surface area contributed by atoms with Crippen molar-refractivity contribution in [2.75, 3.05) is 20.2 Å². The Kier molecular flexibility index (Phi) is 3.79. The highest BCUT2D eigenvalue weighted by molar-refractivity contribution is 5.84. The summed E-state index contributed by atoms with van der Waals surface area (Å²) >= 11 is 0. The Bertz CT molecular complexity index is 711. The molecule has 0 saturated carbocycles. The second-order valence-corrected chi connectivity index (χ2v) is 5.35. The topological polar surface area (TPSA) is 76.1 Å². The van der Waals surface area contributed by atoms with Gasteiger partial charge in [0.1, 0.15) is 0 Å². The van der Waals surface area contributed by atoms with Crippen LogP contribution in [0.3, 0.4) is 0 Å². The van der Waals surface area contributed by atoms with Crippen LogP contribution in [0.4, 0.5) is 0 Å². The second-order valence-electron chi connectivity index (χ2n) is 5.35. The van der Waals surface area contributed by atoms with Crippen LogP contribution in [0.1, 0.15) is 24.4 Å². The van der Waals surface area contributed by atoms with E-state index < -0.39 is 0 Å². The van der Waals surface area contributed by atoms with Gasteiger partial charge in [0.25, 0.3) is 0 Å². The molecule has 2 heterocycles. The SMILES string of the molecule is COC(=O)Cc1cccc2c1[nH]c(=O)n2C1CCNCC1. The van der Waals surface area contributed by atoms with Crippen molar-refractivity contribution in [1.82, 2.24) is 14.9 Å². The molecule has 6 heteroatoms. The van der Waals surface area contributed by atoms with Gasteiger partial charge in [-0.2, -0.15) is 0 Å². The van der Waals surface area contributed by atoms with Crippen LogP contribution in [0, 0.1) is 0 Å². The molecule has 21 heavy (non-hydrogen) atoms. The second kappa shape index (κ2) is 5.73. The van der Waals surface area contributed by atoms with E-state index in [2.05, 4.69) is 10.3 Å². The van der Waals surface area contributed by atoms with E-state index in [0.29, 0.717) is 0 Å². The fourth-order valence-corrected chi connectivity index (χ4v) is 3.01. The normalized spacial score (nSPS) is 16.2. The van der Waals surface area contributed by atoms with Crippen LogP contribution < -0.4 is 11.0 Å². The highest BCUT2D eigenvalue weighted by Gasteiger charge is 2.20. The van der Waals surface area contributed by atoms with E-state index in [1.165, 1.54) is 7.11 Å². The first kappa shape index (κ1) is 13.9. The maximum Gasteiger partial charge on any atom is 0.326 e. The Morgan fingerprint density at radius 3 is 2.86 bits per heavy atom. The first-order valence-corrected chi connectivity index (χ1v) is 7.20. The van der Waals surface area contributed by atoms with Crippen molar-refractivity contribution >= 4 is 17.0 Å². The molecule has 1 saturated heterocycles. The number of para-hydroxylation sites is 1. The van der Waals surface area contributed by atoms with Gasteiger partial charge in [0, 0.05) is 6.04 Å². The highest BCUT2D eigenvalue weighted by atomic mass is 16.5. The molecule has 1 aromatic carbocycles. The number of benzene rings is 1. The number of esters is 1. The van der Waals surface area contributed by atoms with Gasteiger partial charge < -0.3 is 15.0 Å². The summed E-state index contributed by atoms with van der Waals surface area (Å²) in [5.41, 5.74) is 2.30. The van der Waals surface area contributed by atoms with E-state index in [0.717, 1.165) is 42.5 Å². The Labute approximate surface area is 122 Å². The molecule has 0 radical (unpaired) electrons. The van der Waals surface area contributed by atoms with Crippen molar-refractivity contribution in [2.45, 2.75) is 25.3 Å². The number of piperidine rings is 1. The lowest BCUT2D eigenvalue weighted by atomic mass is 10.1. The van der Waals surface area contributed by atoms with Gasteiger partial charge in [-0.1, -0.05) is 12.1 Å². The molecular weight excluding hydrogens is 270 g/mol. The number of carbonyl (C=O) groups excluding carboxylic acids is 1. The van der Waals surface area contributed by atoms with Crippen molar-refractivity contribution in [3.8, 4) is 0 Å². The summed E-state index contributed by atoms with van der Waals surface area (Å²) in [4.78, 5) is 26.7. The average molecular weight is 289 g/mol. The number of nitrogens with zero attached hydrogens (tertiary/aromatic N) is 1. The van der Waals surface area contributed by atoms with E-state index >= 15 is 0 Å². The number of carbonyl (C=O) groups is 1. The molecule has 0 amide bonds. The van der Waals surface area contributed by atoms with Crippen LogP contribution in [0.25, 0.3) is 11.0 Å². The summed E-state index contributed by atoms with van der Waals surface area (Å²) < 4.78 is 6.54. The lowest BCUT2D eigenvalue weighted by molar-refractivity contribution is -0.139. The molecule has 0 atom stereocenters. The molecule has 2 N–H and O–H groups in total. The van der Waals surface area contributed by atoms with E-state index in [4.69, 9.17) is 4.74 Å². The number of rotatable bonds is 3. The minimum absolute atomic E-state index is 0.103. The van der Waals surface area contributed by atoms with Crippen LogP contribution in [-0.4, -0.2) is 35.7 Å². The molecule has 1 aromatic heterocycles. The van der Waals surface area contributed by atoms with Crippen LogP contribution in [0.5, 0.6) is 0 Å². The van der Waals surface area contributed by atoms with Crippen molar-refractivity contribution < 1.29 is 9.53 Å². The maximum absolute atomic E-state index is 12.3. The van der Waals surface area contributed by atoms with Crippen LogP contribution in [-0.2, 0) is 16.0 Å². The standard InChI is InChI=1S/C15H19N3O3/c1-21-13(19)9-10-3-2-4-12-14(10)17-15(20)18(12)11-5-7-16-8-6-11/h2-4,11,16H,5-9H2,1H3,(H,17,20). The summed E-state index contributed by atoms with van der Waals surface area (Å²) in [5.74, 6) is -0.307. The quantitative estimate of drug-likeness (QED) is 0.826. The summed E-state index contributed by atoms with van der Waals surface area (Å²) in [6.07, 6.45) is 2.04. The van der Waals surface area contributed by atoms with E-state index in [9.17, 15) is 9.59 Å². The third-order valence-corrected chi connectivity index (χ3v) is 4.08. The minimum Gasteiger partial charge on any atom is -0.469 e. The Balaban J connectivity index is 2.06. The molecule has 1 aliphatic rings. The van der Waals surface area contributed by atoms with Gasteiger partial charge in [0.2, 0.25) is 0 Å². The smallest absolute Gasteiger partial charge is 0.326 e. The molecule has 112 valence electrons. The van der Waals surface area contributed by atoms with Gasteiger partial charge in [-0.25, -0.2) is 4.79 Å². The first-order valence-electron chi connectivity index (χ1n) is 7.20. The number of hydrogen-bond acceptors (Lipinski definition) is 4. The minimum atomic E-state index is -0.307. The summed E-state index contributed by atoms with van der Waals surface area (Å²) in [5, 5.41) is 3.30. The largest absolute Gasteiger partial charge is 0.469 e. The van der Waals surface area contributed by atoms with Crippen LogP contribution in [0.2, 0.25) is 0 Å². The van der Waals surface area contributed by atoms with Crippen molar-refractivity contribution in [3.05, 3.63) is 34.2 Å². The summed E-state index contributed by atoms with van der Waals surface area (Å²) in [7, 11) is 1.37. The molecule has 6 nitrogen and oxygen atoms in total. The first-order chi connectivity index (χ1) is 10.2. The molecular formula is C15H19N3O3. The van der Waals surface area contributed by atoms with Crippen molar-refractivity contribution in [3.63, 3.8) is 0 Å². The van der Waals surface area contributed by atoms with Gasteiger partial charge in [0.15, 0.2) is 0 Å². The molecule has 0 spiro atoms. The fourth-order valence-electron chi connectivity index (χ4n) is 3.01. The molecule has 1 fully saturated rings. The lowest BCUT2D eigenvalue weighted by Gasteiger charge is -2.23. The zero-order chi connectivity index (χ0) is 14.8. The lowest BCUT2D eigenvalue weighted by Crippen LogP contribution is -2.33. The predicted octanol–water partition coefficient (Wildman–Crippen LogP) is 0.970. The third-order valence-electron chi connectivity index (χ3n) is 4.08. The highest BCUT2D eigenvalue weighted by Crippen LogP contribution is 2.24. The van der Waals surface area contributed by atoms with Crippen LogP contribution in [0.15, 0.2) is 23.0 Å². The van der Waals surface area contributed by atoms with Gasteiger partial charge in [-0.3, -0.25) is 9.36 Å². The molecule has 0 aliphatic carbocycles. The Morgan fingerprint density at radius 1 is 1.38 bits per heavy atom. The fraction of sp³-hybridized carbons (Fsp3) is 0.467. The molecule has 0 unspecified atom stereocenters. The van der Waals surface area contributed by atoms with Crippen molar-refractivity contribution in [1.29, 1.82) is 0 Å². The molecule has 0 bridgehead atoms. The van der Waals surface area contributed by atoms with E-state index in [1.807, 2.05) is 22.8 Å². The van der Waals surface area contributed by atoms with Gasteiger partial charge in [0.05, 0.1) is 24.6 Å². The zero-order valence-electron chi connectivity index (χ0n) is 12.0. The summed E-state index contributed by atoms with van der Waals surface area (Å²) in [6.45, 7) is 1.84. The summed E-state index contributed by atoms with van der Waals surface area (Å²) in [6, 6.07) is 5.87. The average Bonchev–Trinajstić information content (AvgIpc) is 2.85. The molecule has 2 aromatic rings. The third kappa shape index (κ3) is 2.58. The zero-order valence-corrected chi connectivity index (χ0v) is 12.0. The Hall–Kier alpha value is -2.08.